The summed E-state index contributed by atoms with van der Waals surface area (Å²) in [6.45, 7) is 6.35. The molecule has 4 aromatic rings. The predicted molar refractivity (Wildman–Crippen MR) is 173 cm³/mol. The van der Waals surface area contributed by atoms with Crippen molar-refractivity contribution in [3.05, 3.63) is 115 Å². The lowest BCUT2D eigenvalue weighted by molar-refractivity contribution is -0.136. The van der Waals surface area contributed by atoms with Gasteiger partial charge in [0.2, 0.25) is 5.91 Å². The molecule has 2 aromatic heterocycles. The number of benzene rings is 2. The molecule has 8 nitrogen and oxygen atoms in total. The van der Waals surface area contributed by atoms with Gasteiger partial charge in [-0.3, -0.25) is 14.6 Å². The Bertz CT molecular complexity index is 1430. The number of nitrogens with zero attached hydrogens (tertiary/aromatic N) is 4. The molecule has 0 aliphatic carbocycles. The minimum Gasteiger partial charge on any atom is -0.388 e. The summed E-state index contributed by atoms with van der Waals surface area (Å²) in [7, 11) is 0. The number of amides is 2. The quantitative estimate of drug-likeness (QED) is 0.321. The Labute approximate surface area is 260 Å². The van der Waals surface area contributed by atoms with Gasteiger partial charge in [0.05, 0.1) is 12.1 Å². The Balaban J connectivity index is 0.000000573. The number of pyridine rings is 1. The number of likely N-dealkylation sites (tertiary alicyclic amines) is 1. The van der Waals surface area contributed by atoms with Crippen molar-refractivity contribution in [3.63, 3.8) is 0 Å². The molecule has 0 radical (unpaired) electrons. The van der Waals surface area contributed by atoms with Crippen molar-refractivity contribution in [2.24, 2.45) is 0 Å². The number of aliphatic hydroxyl groups is 1. The van der Waals surface area contributed by atoms with Crippen molar-refractivity contribution in [1.29, 1.82) is 0 Å². The second kappa shape index (κ2) is 14.9. The van der Waals surface area contributed by atoms with Crippen molar-refractivity contribution < 1.29 is 14.7 Å². The fraction of sp³-hybridized carbons (Fsp3) is 0.361. The van der Waals surface area contributed by atoms with Gasteiger partial charge in [0.25, 0.3) is 5.91 Å². The summed E-state index contributed by atoms with van der Waals surface area (Å²) in [5.74, 6) is 0.283. The lowest BCUT2D eigenvalue weighted by Gasteiger charge is -2.39. The molecule has 2 N–H and O–H groups in total. The molecule has 0 saturated carbocycles. The maximum atomic E-state index is 13.7. The molecule has 2 amide bonds. The average molecular weight is 594 g/mol. The van der Waals surface area contributed by atoms with Crippen molar-refractivity contribution in [1.82, 2.24) is 24.7 Å². The summed E-state index contributed by atoms with van der Waals surface area (Å²) in [6, 6.07) is 27.8. The van der Waals surface area contributed by atoms with Gasteiger partial charge in [0.15, 0.2) is 0 Å². The van der Waals surface area contributed by atoms with Crippen molar-refractivity contribution in [3.8, 4) is 11.1 Å². The summed E-state index contributed by atoms with van der Waals surface area (Å²) in [5, 5.41) is 14.9. The van der Waals surface area contributed by atoms with Gasteiger partial charge in [-0.15, -0.1) is 0 Å². The Morgan fingerprint density at radius 1 is 0.841 bits per heavy atom. The van der Waals surface area contributed by atoms with Crippen LogP contribution in [0.1, 0.15) is 48.2 Å². The zero-order valence-electron chi connectivity index (χ0n) is 25.5. The fourth-order valence-corrected chi connectivity index (χ4v) is 5.96. The second-order valence-corrected chi connectivity index (χ2v) is 11.8. The molecule has 2 aliphatic heterocycles. The molecule has 44 heavy (non-hydrogen) atoms. The summed E-state index contributed by atoms with van der Waals surface area (Å²) in [4.78, 5) is 34.3. The first kappa shape index (κ1) is 31.2. The second-order valence-electron chi connectivity index (χ2n) is 11.8. The molecule has 4 heterocycles. The number of hydrogen-bond acceptors (Lipinski definition) is 5. The summed E-state index contributed by atoms with van der Waals surface area (Å²) in [5.41, 5.74) is 2.69. The van der Waals surface area contributed by atoms with Crippen LogP contribution < -0.4 is 5.32 Å². The van der Waals surface area contributed by atoms with Gasteiger partial charge >= 0.3 is 0 Å². The van der Waals surface area contributed by atoms with E-state index in [1.807, 2.05) is 93.4 Å². The van der Waals surface area contributed by atoms with Crippen LogP contribution in [0.4, 0.5) is 0 Å². The normalized spacial score (nSPS) is 16.9. The van der Waals surface area contributed by atoms with Crippen LogP contribution in [0.2, 0.25) is 0 Å². The Morgan fingerprint density at radius 3 is 2.05 bits per heavy atom. The van der Waals surface area contributed by atoms with E-state index >= 15 is 0 Å². The SMILES string of the molecule is CC(CC(=O)N1CCC(O)(Cn2ccc(-c3ccccc3)c2C(=O)N2CCNCC2)CC1)c1ccccc1.c1ccncc1. The predicted octanol–water partition coefficient (Wildman–Crippen LogP) is 4.83. The van der Waals surface area contributed by atoms with E-state index in [-0.39, 0.29) is 17.7 Å². The van der Waals surface area contributed by atoms with E-state index in [0.29, 0.717) is 57.7 Å². The molecule has 0 spiro atoms. The van der Waals surface area contributed by atoms with Gasteiger partial charge in [-0.2, -0.15) is 0 Å². The molecular weight excluding hydrogens is 550 g/mol. The third kappa shape index (κ3) is 8.01. The van der Waals surface area contributed by atoms with E-state index in [1.165, 1.54) is 0 Å². The maximum absolute atomic E-state index is 13.7. The molecule has 1 unspecified atom stereocenters. The van der Waals surface area contributed by atoms with Crippen molar-refractivity contribution >= 4 is 11.8 Å². The smallest absolute Gasteiger partial charge is 0.271 e. The zero-order chi connectivity index (χ0) is 30.8. The van der Waals surface area contributed by atoms with E-state index in [2.05, 4.69) is 29.4 Å². The molecule has 6 rings (SSSR count). The molecule has 1 atom stereocenters. The first-order valence-corrected chi connectivity index (χ1v) is 15.6. The highest BCUT2D eigenvalue weighted by Crippen LogP contribution is 2.31. The number of carbonyl (C=O) groups is 2. The molecule has 230 valence electrons. The summed E-state index contributed by atoms with van der Waals surface area (Å²) < 4.78 is 1.93. The average Bonchev–Trinajstić information content (AvgIpc) is 3.49. The van der Waals surface area contributed by atoms with Gasteiger partial charge in [0.1, 0.15) is 5.69 Å². The highest BCUT2D eigenvalue weighted by Gasteiger charge is 2.36. The van der Waals surface area contributed by atoms with Crippen molar-refractivity contribution in [2.45, 2.75) is 44.2 Å². The third-order valence-corrected chi connectivity index (χ3v) is 8.58. The van der Waals surface area contributed by atoms with E-state index in [9.17, 15) is 14.7 Å². The minimum absolute atomic E-state index is 0.00136. The number of rotatable bonds is 7. The van der Waals surface area contributed by atoms with Crippen LogP contribution in [0.25, 0.3) is 11.1 Å². The lowest BCUT2D eigenvalue weighted by atomic mass is 9.90. The van der Waals surface area contributed by atoms with Crippen LogP contribution in [0, 0.1) is 0 Å². The van der Waals surface area contributed by atoms with Gasteiger partial charge < -0.3 is 24.8 Å². The molecule has 2 aromatic carbocycles. The number of carbonyl (C=O) groups excluding carboxylic acids is 2. The van der Waals surface area contributed by atoms with Crippen LogP contribution >= 0.6 is 0 Å². The molecular formula is C36H43N5O3. The van der Waals surface area contributed by atoms with Crippen LogP contribution in [0.3, 0.4) is 0 Å². The summed E-state index contributed by atoms with van der Waals surface area (Å²) >= 11 is 0. The molecule has 8 heteroatoms. The Hall–Kier alpha value is -4.27. The zero-order valence-corrected chi connectivity index (χ0v) is 25.5. The largest absolute Gasteiger partial charge is 0.388 e. The van der Waals surface area contributed by atoms with Crippen LogP contribution in [-0.2, 0) is 11.3 Å². The minimum atomic E-state index is -0.979. The van der Waals surface area contributed by atoms with Gasteiger partial charge in [0, 0.05) is 69.8 Å². The van der Waals surface area contributed by atoms with E-state index in [4.69, 9.17) is 0 Å². The number of nitrogens with one attached hydrogen (secondary N) is 1. The summed E-state index contributed by atoms with van der Waals surface area (Å²) in [6.07, 6.45) is 6.86. The van der Waals surface area contributed by atoms with E-state index < -0.39 is 5.60 Å². The van der Waals surface area contributed by atoms with Crippen LogP contribution in [-0.4, -0.2) is 81.1 Å². The first-order chi connectivity index (χ1) is 21.4. The standard InChI is InChI=1S/C31H38N4O3.C5H5N/c1-24(25-8-4-2-5-9-25)22-28(36)33-18-13-31(38,14-19-33)23-35-17-12-27(26-10-6-3-7-11-26)29(35)30(37)34-20-15-32-16-21-34;1-2-4-6-5-3-1/h2-12,17,24,32,38H,13-16,18-23H2,1H3;1-5H. The highest BCUT2D eigenvalue weighted by atomic mass is 16.3. The third-order valence-electron chi connectivity index (χ3n) is 8.58. The lowest BCUT2D eigenvalue weighted by Crippen LogP contribution is -2.50. The first-order valence-electron chi connectivity index (χ1n) is 15.6. The van der Waals surface area contributed by atoms with E-state index in [1.54, 1.807) is 12.4 Å². The van der Waals surface area contributed by atoms with Gasteiger partial charge in [-0.05, 0) is 48.1 Å². The number of piperazine rings is 1. The highest BCUT2D eigenvalue weighted by molar-refractivity contribution is 5.99. The number of hydrogen-bond donors (Lipinski definition) is 2. The number of aromatic nitrogens is 2. The maximum Gasteiger partial charge on any atom is 0.271 e. The number of piperidine rings is 1. The fourth-order valence-electron chi connectivity index (χ4n) is 5.96. The topological polar surface area (TPSA) is 90.7 Å². The Morgan fingerprint density at radius 2 is 1.45 bits per heavy atom. The van der Waals surface area contributed by atoms with Gasteiger partial charge in [-0.25, -0.2) is 0 Å². The van der Waals surface area contributed by atoms with Crippen LogP contribution in [0.5, 0.6) is 0 Å². The molecule has 2 saturated heterocycles. The molecule has 2 fully saturated rings. The van der Waals surface area contributed by atoms with E-state index in [0.717, 1.165) is 29.8 Å². The van der Waals surface area contributed by atoms with Crippen LogP contribution in [0.15, 0.2) is 104 Å². The Kier molecular flexibility index (Phi) is 10.6. The van der Waals surface area contributed by atoms with Gasteiger partial charge in [-0.1, -0.05) is 73.7 Å². The van der Waals surface area contributed by atoms with Crippen molar-refractivity contribution in [2.75, 3.05) is 39.3 Å². The molecule has 0 bridgehead atoms. The monoisotopic (exact) mass is 593 g/mol. The molecule has 2 aliphatic rings.